The third kappa shape index (κ3) is 23.5. The molecule has 1 rings (SSSR count). The standard InChI is InChI=1S/C43H79N3O4/c1-5-7-9-11-17-23-30-39(31-24-18-12-10-8-6-2)50-36-27-21-14-13-19-25-33-46(34-26-20-15-16-22-29-37(3)47)35-28-32-45-41-40(38(4)44)42(48)43(41)49/h39,44-45,47H,3,5-36H2,1-2,4H3. The van der Waals surface area contributed by atoms with Crippen LogP contribution in [0.5, 0.6) is 0 Å². The molecular formula is C43H79N3O4. The Bertz CT molecular complexity index is 1030. The SMILES string of the molecule is C=C(O)CCCCCCCN(CCCCCCCCOC(CCCCCCCC)CCCCCCCC)CCCNc1c(C(C)=N)c(=O)c1=O. The molecule has 0 aliphatic carbocycles. The van der Waals surface area contributed by atoms with E-state index in [2.05, 4.69) is 30.6 Å². The summed E-state index contributed by atoms with van der Waals surface area (Å²) in [6.45, 7) is 14.4. The predicted octanol–water partition coefficient (Wildman–Crippen LogP) is 11.4. The van der Waals surface area contributed by atoms with Crippen molar-refractivity contribution >= 4 is 11.4 Å². The highest BCUT2D eigenvalue weighted by Crippen LogP contribution is 2.18. The van der Waals surface area contributed by atoms with E-state index in [-0.39, 0.29) is 17.0 Å². The van der Waals surface area contributed by atoms with E-state index in [4.69, 9.17) is 10.1 Å². The van der Waals surface area contributed by atoms with Crippen LogP contribution < -0.4 is 16.2 Å². The van der Waals surface area contributed by atoms with E-state index in [1.54, 1.807) is 6.92 Å². The summed E-state index contributed by atoms with van der Waals surface area (Å²) < 4.78 is 6.46. The second-order valence-electron chi connectivity index (χ2n) is 15.0. The summed E-state index contributed by atoms with van der Waals surface area (Å²) in [6, 6.07) is 0. The average Bonchev–Trinajstić information content (AvgIpc) is 3.09. The molecule has 0 aliphatic heterocycles. The zero-order valence-electron chi connectivity index (χ0n) is 33.0. The number of aliphatic hydroxyl groups is 1. The highest BCUT2D eigenvalue weighted by atomic mass is 16.5. The van der Waals surface area contributed by atoms with Crippen LogP contribution in [0.1, 0.15) is 200 Å². The molecule has 0 heterocycles. The molecule has 0 spiro atoms. The van der Waals surface area contributed by atoms with Crippen LogP contribution in [0.3, 0.4) is 0 Å². The summed E-state index contributed by atoms with van der Waals surface area (Å²) in [4.78, 5) is 26.3. The Morgan fingerprint density at radius 1 is 0.680 bits per heavy atom. The first-order valence-corrected chi connectivity index (χ1v) is 21.1. The number of anilines is 1. The van der Waals surface area contributed by atoms with Gasteiger partial charge >= 0.3 is 0 Å². The molecule has 0 atom stereocenters. The Hall–Kier alpha value is -1.99. The van der Waals surface area contributed by atoms with Gasteiger partial charge in [0.15, 0.2) is 0 Å². The number of rotatable bonds is 38. The first-order chi connectivity index (χ1) is 24.3. The molecule has 50 heavy (non-hydrogen) atoms. The molecule has 0 radical (unpaired) electrons. The zero-order valence-corrected chi connectivity index (χ0v) is 33.0. The summed E-state index contributed by atoms with van der Waals surface area (Å²) in [7, 11) is 0. The minimum atomic E-state index is -0.534. The van der Waals surface area contributed by atoms with Crippen molar-refractivity contribution in [2.24, 2.45) is 0 Å². The van der Waals surface area contributed by atoms with Gasteiger partial charge in [0.1, 0.15) is 0 Å². The topological polar surface area (TPSA) is 103 Å². The largest absolute Gasteiger partial charge is 0.513 e. The van der Waals surface area contributed by atoms with Crippen LogP contribution in [0.2, 0.25) is 0 Å². The molecule has 3 N–H and O–H groups in total. The van der Waals surface area contributed by atoms with Gasteiger partial charge in [-0.05, 0) is 71.5 Å². The fourth-order valence-corrected chi connectivity index (χ4v) is 6.97. The fraction of sp³-hybridized carbons (Fsp3) is 0.837. The number of nitrogens with one attached hydrogen (secondary N) is 2. The Morgan fingerprint density at radius 3 is 1.66 bits per heavy atom. The quantitative estimate of drug-likeness (QED) is 0.0274. The monoisotopic (exact) mass is 702 g/mol. The Kier molecular flexibility index (Phi) is 29.2. The number of allylic oxidation sites excluding steroid dienone is 1. The zero-order chi connectivity index (χ0) is 36.7. The van der Waals surface area contributed by atoms with Gasteiger partial charge in [-0.1, -0.05) is 142 Å². The highest BCUT2D eigenvalue weighted by molar-refractivity contribution is 6.03. The number of ether oxygens (including phenoxy) is 1. The molecule has 0 aromatic heterocycles. The van der Waals surface area contributed by atoms with Crippen LogP contribution in [0, 0.1) is 5.41 Å². The van der Waals surface area contributed by atoms with E-state index in [1.807, 2.05) is 0 Å². The summed E-state index contributed by atoms with van der Waals surface area (Å²) >= 11 is 0. The van der Waals surface area contributed by atoms with Gasteiger partial charge in [-0.3, -0.25) is 9.59 Å². The van der Waals surface area contributed by atoms with E-state index in [0.717, 1.165) is 45.5 Å². The van der Waals surface area contributed by atoms with Crippen LogP contribution >= 0.6 is 0 Å². The summed E-state index contributed by atoms with van der Waals surface area (Å²) in [5.41, 5.74) is -0.277. The minimum Gasteiger partial charge on any atom is -0.513 e. The van der Waals surface area contributed by atoms with Gasteiger partial charge in [0.2, 0.25) is 10.9 Å². The van der Waals surface area contributed by atoms with Gasteiger partial charge in [0, 0.05) is 25.3 Å². The first kappa shape index (κ1) is 46.0. The van der Waals surface area contributed by atoms with E-state index >= 15 is 0 Å². The number of hydrogen-bond acceptors (Lipinski definition) is 7. The van der Waals surface area contributed by atoms with Gasteiger partial charge in [-0.2, -0.15) is 0 Å². The molecule has 7 nitrogen and oxygen atoms in total. The predicted molar refractivity (Wildman–Crippen MR) is 216 cm³/mol. The van der Waals surface area contributed by atoms with Crippen molar-refractivity contribution in [3.05, 3.63) is 38.3 Å². The van der Waals surface area contributed by atoms with Crippen molar-refractivity contribution in [1.82, 2.24) is 4.90 Å². The van der Waals surface area contributed by atoms with Gasteiger partial charge in [-0.15, -0.1) is 0 Å². The molecular weight excluding hydrogens is 622 g/mol. The average molecular weight is 702 g/mol. The van der Waals surface area contributed by atoms with Crippen LogP contribution in [0.25, 0.3) is 0 Å². The van der Waals surface area contributed by atoms with Gasteiger partial charge in [0.05, 0.1) is 23.1 Å². The highest BCUT2D eigenvalue weighted by Gasteiger charge is 2.21. The maximum absolute atomic E-state index is 12.0. The Labute approximate surface area is 307 Å². The molecule has 1 aromatic carbocycles. The van der Waals surface area contributed by atoms with E-state index in [0.29, 0.717) is 24.8 Å². The van der Waals surface area contributed by atoms with Gasteiger partial charge in [0.25, 0.3) is 0 Å². The maximum Gasteiger partial charge on any atom is 0.250 e. The lowest BCUT2D eigenvalue weighted by Crippen LogP contribution is -2.40. The molecule has 0 saturated carbocycles. The van der Waals surface area contributed by atoms with E-state index < -0.39 is 10.9 Å². The second kappa shape index (κ2) is 31.7. The molecule has 1 aromatic rings. The number of hydrogen-bond donors (Lipinski definition) is 3. The van der Waals surface area contributed by atoms with Crippen molar-refractivity contribution in [3.63, 3.8) is 0 Å². The molecule has 0 unspecified atom stereocenters. The van der Waals surface area contributed by atoms with Crippen molar-refractivity contribution in [1.29, 1.82) is 5.41 Å². The molecule has 0 aliphatic rings. The molecule has 290 valence electrons. The Balaban J connectivity index is 2.33. The molecule has 7 heteroatoms. The van der Waals surface area contributed by atoms with Gasteiger partial charge in [-0.25, -0.2) is 0 Å². The second-order valence-corrected chi connectivity index (χ2v) is 15.0. The molecule has 0 bridgehead atoms. The van der Waals surface area contributed by atoms with Crippen molar-refractivity contribution < 1.29 is 9.84 Å². The number of nitrogens with zero attached hydrogens (tertiary/aromatic N) is 1. The van der Waals surface area contributed by atoms with Crippen LogP contribution in [0.4, 0.5) is 5.69 Å². The smallest absolute Gasteiger partial charge is 0.250 e. The maximum atomic E-state index is 12.0. The summed E-state index contributed by atoms with van der Waals surface area (Å²) in [5, 5.41) is 20.2. The summed E-state index contributed by atoms with van der Waals surface area (Å²) in [5.74, 6) is 0.288. The number of unbranched alkanes of at least 4 members (excludes halogenated alkanes) is 19. The van der Waals surface area contributed by atoms with Crippen molar-refractivity contribution in [2.45, 2.75) is 200 Å². The fourth-order valence-electron chi connectivity index (χ4n) is 6.97. The first-order valence-electron chi connectivity index (χ1n) is 21.1. The van der Waals surface area contributed by atoms with Crippen LogP contribution in [-0.2, 0) is 4.74 Å². The van der Waals surface area contributed by atoms with Crippen molar-refractivity contribution in [2.75, 3.05) is 38.1 Å². The van der Waals surface area contributed by atoms with E-state index in [9.17, 15) is 14.7 Å². The van der Waals surface area contributed by atoms with Gasteiger partial charge < -0.3 is 25.5 Å². The third-order valence-electron chi connectivity index (χ3n) is 10.2. The normalized spacial score (nSPS) is 11.7. The molecule has 0 fully saturated rings. The van der Waals surface area contributed by atoms with Crippen molar-refractivity contribution in [3.8, 4) is 0 Å². The number of aliphatic hydroxyl groups excluding tert-OH is 1. The van der Waals surface area contributed by atoms with E-state index in [1.165, 1.54) is 148 Å². The molecule has 0 amide bonds. The Morgan fingerprint density at radius 2 is 1.14 bits per heavy atom. The minimum absolute atomic E-state index is 0.158. The van der Waals surface area contributed by atoms with Crippen LogP contribution in [-0.4, -0.2) is 54.6 Å². The van der Waals surface area contributed by atoms with Crippen LogP contribution in [0.15, 0.2) is 21.9 Å². The lowest BCUT2D eigenvalue weighted by atomic mass is 10.0. The summed E-state index contributed by atoms with van der Waals surface area (Å²) in [6.07, 6.45) is 34.0. The lowest BCUT2D eigenvalue weighted by Gasteiger charge is -2.23. The third-order valence-corrected chi connectivity index (χ3v) is 10.2. The molecule has 0 saturated heterocycles. The lowest BCUT2D eigenvalue weighted by molar-refractivity contribution is 0.0357.